The summed E-state index contributed by atoms with van der Waals surface area (Å²) in [6.07, 6.45) is 0. The Bertz CT molecular complexity index is 533. The highest BCUT2D eigenvalue weighted by atomic mass is 32.2. The van der Waals surface area contributed by atoms with Crippen LogP contribution < -0.4 is 5.73 Å². The second kappa shape index (κ2) is 5.44. The van der Waals surface area contributed by atoms with E-state index in [0.29, 0.717) is 5.92 Å². The van der Waals surface area contributed by atoms with Gasteiger partial charge in [0.25, 0.3) is 0 Å². The number of nitrogens with two attached hydrogens (primary N) is 1. The molecular weight excluding hydrogens is 240 g/mol. The first-order valence-electron chi connectivity index (χ1n) is 6.07. The van der Waals surface area contributed by atoms with Crippen molar-refractivity contribution in [3.8, 4) is 0 Å². The minimum Gasteiger partial charge on any atom is -0.397 e. The first-order chi connectivity index (χ1) is 8.56. The Morgan fingerprint density at radius 3 is 2.33 bits per heavy atom. The molecule has 0 aliphatic rings. The molecule has 0 amide bonds. The van der Waals surface area contributed by atoms with Crippen molar-refractivity contribution in [2.75, 3.05) is 5.73 Å². The molecule has 0 saturated heterocycles. The summed E-state index contributed by atoms with van der Waals surface area (Å²) in [5.41, 5.74) is 9.01. The van der Waals surface area contributed by atoms with Gasteiger partial charge in [-0.3, -0.25) is 0 Å². The van der Waals surface area contributed by atoms with E-state index in [-0.39, 0.29) is 0 Å². The molecule has 1 heterocycles. The Balaban J connectivity index is 2.21. The van der Waals surface area contributed by atoms with Crippen LogP contribution in [0.5, 0.6) is 0 Å². The normalized spacial score (nSPS) is 10.9. The summed E-state index contributed by atoms with van der Waals surface area (Å²) >= 11 is 1.61. The van der Waals surface area contributed by atoms with Gasteiger partial charge in [-0.25, -0.2) is 4.98 Å². The topological polar surface area (TPSA) is 38.9 Å². The van der Waals surface area contributed by atoms with Crippen molar-refractivity contribution >= 4 is 17.4 Å². The van der Waals surface area contributed by atoms with Crippen molar-refractivity contribution in [3.05, 3.63) is 47.7 Å². The van der Waals surface area contributed by atoms with Gasteiger partial charge < -0.3 is 5.73 Å². The van der Waals surface area contributed by atoms with Crippen LogP contribution in [0.15, 0.2) is 46.3 Å². The standard InChI is InChI=1S/C15H18N2S/c1-10(2)12-5-7-13(8-6-12)18-15-14(16)9-4-11(3)17-15/h4-10H,16H2,1-3H3. The molecule has 3 heteroatoms. The number of pyridine rings is 1. The van der Waals surface area contributed by atoms with E-state index < -0.39 is 0 Å². The van der Waals surface area contributed by atoms with Crippen LogP contribution in [0.3, 0.4) is 0 Å². The first-order valence-corrected chi connectivity index (χ1v) is 6.89. The highest BCUT2D eigenvalue weighted by molar-refractivity contribution is 7.99. The number of anilines is 1. The van der Waals surface area contributed by atoms with Crippen LogP contribution in [0.2, 0.25) is 0 Å². The minimum atomic E-state index is 0.561. The average Bonchev–Trinajstić information content (AvgIpc) is 2.34. The monoisotopic (exact) mass is 258 g/mol. The molecule has 1 aromatic heterocycles. The number of rotatable bonds is 3. The van der Waals surface area contributed by atoms with Gasteiger partial charge in [-0.1, -0.05) is 37.7 Å². The lowest BCUT2D eigenvalue weighted by Gasteiger charge is -2.08. The molecule has 0 radical (unpaired) electrons. The van der Waals surface area contributed by atoms with Crippen LogP contribution >= 0.6 is 11.8 Å². The summed E-state index contributed by atoms with van der Waals surface area (Å²) < 4.78 is 0. The molecule has 0 saturated carbocycles. The van der Waals surface area contributed by atoms with Crippen LogP contribution in [0.4, 0.5) is 5.69 Å². The SMILES string of the molecule is Cc1ccc(N)c(Sc2ccc(C(C)C)cc2)n1. The predicted molar refractivity (Wildman–Crippen MR) is 78.0 cm³/mol. The van der Waals surface area contributed by atoms with Crippen LogP contribution in [-0.4, -0.2) is 4.98 Å². The van der Waals surface area contributed by atoms with Crippen molar-refractivity contribution in [3.63, 3.8) is 0 Å². The second-order valence-electron chi connectivity index (χ2n) is 4.67. The van der Waals surface area contributed by atoms with Crippen molar-refractivity contribution in [1.82, 2.24) is 4.98 Å². The molecule has 0 unspecified atom stereocenters. The lowest BCUT2D eigenvalue weighted by Crippen LogP contribution is -1.93. The fourth-order valence-corrected chi connectivity index (χ4v) is 2.53. The largest absolute Gasteiger partial charge is 0.397 e. The van der Waals surface area contributed by atoms with Gasteiger partial charge in [0.15, 0.2) is 0 Å². The Morgan fingerprint density at radius 1 is 1.06 bits per heavy atom. The third-order valence-electron chi connectivity index (χ3n) is 2.79. The number of benzene rings is 1. The molecule has 2 N–H and O–H groups in total. The third kappa shape index (κ3) is 3.05. The highest BCUT2D eigenvalue weighted by Crippen LogP contribution is 2.31. The van der Waals surface area contributed by atoms with E-state index in [9.17, 15) is 0 Å². The maximum atomic E-state index is 5.93. The van der Waals surface area contributed by atoms with Gasteiger partial charge in [0.2, 0.25) is 0 Å². The zero-order valence-electron chi connectivity index (χ0n) is 11.0. The third-order valence-corrected chi connectivity index (χ3v) is 3.82. The maximum Gasteiger partial charge on any atom is 0.124 e. The van der Waals surface area contributed by atoms with Crippen molar-refractivity contribution in [2.24, 2.45) is 0 Å². The lowest BCUT2D eigenvalue weighted by atomic mass is 10.0. The number of nitrogen functional groups attached to an aromatic ring is 1. The fraction of sp³-hybridized carbons (Fsp3) is 0.267. The number of hydrogen-bond acceptors (Lipinski definition) is 3. The van der Waals surface area contributed by atoms with E-state index >= 15 is 0 Å². The molecule has 94 valence electrons. The molecule has 0 aliphatic carbocycles. The molecule has 1 aromatic carbocycles. The number of nitrogens with zero attached hydrogens (tertiary/aromatic N) is 1. The summed E-state index contributed by atoms with van der Waals surface area (Å²) in [5.74, 6) is 0.561. The van der Waals surface area contributed by atoms with Gasteiger partial charge in [0, 0.05) is 10.6 Å². The van der Waals surface area contributed by atoms with Crippen LogP contribution in [0.1, 0.15) is 31.0 Å². The molecule has 2 rings (SSSR count). The van der Waals surface area contributed by atoms with E-state index in [4.69, 9.17) is 5.73 Å². The molecule has 0 spiro atoms. The molecule has 0 aliphatic heterocycles. The Hall–Kier alpha value is -1.48. The van der Waals surface area contributed by atoms with Gasteiger partial charge in [0.05, 0.1) is 5.69 Å². The molecule has 0 bridgehead atoms. The molecule has 0 atom stereocenters. The van der Waals surface area contributed by atoms with E-state index in [1.54, 1.807) is 11.8 Å². The average molecular weight is 258 g/mol. The summed E-state index contributed by atoms with van der Waals surface area (Å²) in [6.45, 7) is 6.37. The molecular formula is C15H18N2S. The first kappa shape index (κ1) is 13.0. The van der Waals surface area contributed by atoms with Crippen molar-refractivity contribution in [2.45, 2.75) is 36.6 Å². The Morgan fingerprint density at radius 2 is 1.72 bits per heavy atom. The number of aromatic nitrogens is 1. The van der Waals surface area contributed by atoms with Crippen LogP contribution in [-0.2, 0) is 0 Å². The Kier molecular flexibility index (Phi) is 3.92. The van der Waals surface area contributed by atoms with Gasteiger partial charge in [-0.05, 0) is 42.7 Å². The van der Waals surface area contributed by atoms with Gasteiger partial charge in [0.1, 0.15) is 5.03 Å². The summed E-state index contributed by atoms with van der Waals surface area (Å²) in [6, 6.07) is 12.4. The van der Waals surface area contributed by atoms with Gasteiger partial charge >= 0.3 is 0 Å². The van der Waals surface area contributed by atoms with Crippen molar-refractivity contribution < 1.29 is 0 Å². The smallest absolute Gasteiger partial charge is 0.124 e. The van der Waals surface area contributed by atoms with Crippen LogP contribution in [0.25, 0.3) is 0 Å². The van der Waals surface area contributed by atoms with Crippen LogP contribution in [0, 0.1) is 6.92 Å². The summed E-state index contributed by atoms with van der Waals surface area (Å²) in [5, 5.41) is 0.882. The number of hydrogen-bond donors (Lipinski definition) is 1. The maximum absolute atomic E-state index is 5.93. The highest BCUT2D eigenvalue weighted by Gasteiger charge is 2.05. The zero-order valence-corrected chi connectivity index (χ0v) is 11.8. The molecule has 2 aromatic rings. The lowest BCUT2D eigenvalue weighted by molar-refractivity contribution is 0.865. The predicted octanol–water partition coefficient (Wildman–Crippen LogP) is 4.25. The van der Waals surface area contributed by atoms with E-state index in [1.165, 1.54) is 10.5 Å². The Labute approximate surface area is 113 Å². The van der Waals surface area contributed by atoms with E-state index in [0.717, 1.165) is 16.4 Å². The number of aryl methyl sites for hydroxylation is 1. The molecule has 18 heavy (non-hydrogen) atoms. The zero-order chi connectivity index (χ0) is 13.1. The van der Waals surface area contributed by atoms with Gasteiger partial charge in [-0.15, -0.1) is 0 Å². The molecule has 0 fully saturated rings. The fourth-order valence-electron chi connectivity index (χ4n) is 1.66. The second-order valence-corrected chi connectivity index (χ2v) is 5.74. The molecule has 2 nitrogen and oxygen atoms in total. The quantitative estimate of drug-likeness (QED) is 0.894. The summed E-state index contributed by atoms with van der Waals surface area (Å²) in [4.78, 5) is 5.63. The van der Waals surface area contributed by atoms with E-state index in [1.807, 2.05) is 19.1 Å². The van der Waals surface area contributed by atoms with Gasteiger partial charge in [-0.2, -0.15) is 0 Å². The minimum absolute atomic E-state index is 0.561. The summed E-state index contributed by atoms with van der Waals surface area (Å²) in [7, 11) is 0. The van der Waals surface area contributed by atoms with E-state index in [2.05, 4.69) is 43.1 Å². The van der Waals surface area contributed by atoms with Crippen molar-refractivity contribution in [1.29, 1.82) is 0 Å².